The summed E-state index contributed by atoms with van der Waals surface area (Å²) in [7, 11) is 0. The van der Waals surface area contributed by atoms with Crippen molar-refractivity contribution >= 4 is 47.0 Å². The molecule has 0 amide bonds. The second-order valence-corrected chi connectivity index (χ2v) is 13.9. The first-order valence-corrected chi connectivity index (χ1v) is 9.90. The van der Waals surface area contributed by atoms with Crippen LogP contribution in [-0.2, 0) is 0 Å². The van der Waals surface area contributed by atoms with Gasteiger partial charge in [-0.2, -0.15) is 0 Å². The van der Waals surface area contributed by atoms with Crippen molar-refractivity contribution in [3.63, 3.8) is 0 Å². The number of hydrogen-bond acceptors (Lipinski definition) is 4. The Morgan fingerprint density at radius 3 is 0.765 bits per heavy atom. The van der Waals surface area contributed by atoms with Crippen molar-refractivity contribution in [3.8, 4) is 0 Å². The lowest BCUT2D eigenvalue weighted by atomic mass is 10.6. The van der Waals surface area contributed by atoms with Crippen LogP contribution in [0.25, 0.3) is 0 Å². The molecule has 0 aromatic carbocycles. The van der Waals surface area contributed by atoms with Gasteiger partial charge < -0.3 is 0 Å². The third-order valence-electron chi connectivity index (χ3n) is 1.52. The van der Waals surface area contributed by atoms with Crippen molar-refractivity contribution in [2.24, 2.45) is 0 Å². The fraction of sp³-hybridized carbons (Fsp3) is 1.00. The van der Waals surface area contributed by atoms with Gasteiger partial charge in [0.25, 0.3) is 0 Å². The summed E-state index contributed by atoms with van der Waals surface area (Å²) >= 11 is 8.48. The molecule has 0 saturated heterocycles. The molecule has 0 N–H and O–H groups in total. The van der Waals surface area contributed by atoms with Crippen molar-refractivity contribution in [3.05, 3.63) is 0 Å². The van der Waals surface area contributed by atoms with Crippen molar-refractivity contribution in [1.82, 2.24) is 0 Å². The van der Waals surface area contributed by atoms with Crippen LogP contribution in [-0.4, -0.2) is 23.7 Å². The summed E-state index contributed by atoms with van der Waals surface area (Å²) in [6, 6.07) is 0. The molecular formula is C13H28S4. The Kier molecular flexibility index (Phi) is 9.25. The molecule has 0 saturated carbocycles. The Balaban J connectivity index is 4.89. The predicted octanol–water partition coefficient (Wildman–Crippen LogP) is 6.16. The fourth-order valence-electron chi connectivity index (χ4n) is 1.32. The first-order valence-electron chi connectivity index (χ1n) is 6.38. The molecule has 0 radical (unpaired) electrons. The molecule has 0 spiro atoms. The van der Waals surface area contributed by atoms with Gasteiger partial charge in [-0.15, -0.1) is 47.0 Å². The molecule has 0 nitrogen and oxygen atoms in total. The lowest BCUT2D eigenvalue weighted by molar-refractivity contribution is 1.08. The van der Waals surface area contributed by atoms with E-state index in [1.54, 1.807) is 0 Å². The average molecular weight is 313 g/mol. The van der Waals surface area contributed by atoms with E-state index in [-0.39, 0.29) is 2.74 Å². The van der Waals surface area contributed by atoms with Gasteiger partial charge in [-0.25, -0.2) is 0 Å². The summed E-state index contributed by atoms with van der Waals surface area (Å²) in [6.07, 6.45) is 0. The zero-order chi connectivity index (χ0) is 13.6. The number of thioether (sulfide) groups is 4. The molecule has 0 aliphatic carbocycles. The topological polar surface area (TPSA) is 0 Å². The number of rotatable bonds is 8. The van der Waals surface area contributed by atoms with Gasteiger partial charge in [-0.1, -0.05) is 55.4 Å². The molecule has 0 heterocycles. The molecule has 0 aromatic heterocycles. The Labute approximate surface area is 126 Å². The van der Waals surface area contributed by atoms with Crippen LogP contribution in [0, 0.1) is 0 Å². The second-order valence-electron chi connectivity index (χ2n) is 5.17. The van der Waals surface area contributed by atoms with E-state index < -0.39 is 0 Å². The van der Waals surface area contributed by atoms with Gasteiger partial charge in [-0.05, 0) is 0 Å². The maximum absolute atomic E-state index is 2.31. The first kappa shape index (κ1) is 18.4. The average Bonchev–Trinajstić information content (AvgIpc) is 1.95. The lowest BCUT2D eigenvalue weighted by Gasteiger charge is -2.37. The van der Waals surface area contributed by atoms with Crippen molar-refractivity contribution in [2.75, 3.05) is 0 Å². The summed E-state index contributed by atoms with van der Waals surface area (Å²) in [6.45, 7) is 18.5. The van der Waals surface area contributed by atoms with Gasteiger partial charge >= 0.3 is 0 Å². The SMILES string of the molecule is CC(C)SC(SC(C)C)(SC(C)C)SC(C)C. The molecule has 0 aromatic rings. The van der Waals surface area contributed by atoms with Gasteiger partial charge in [0, 0.05) is 21.0 Å². The largest absolute Gasteiger partial charge is 0.154 e. The van der Waals surface area contributed by atoms with E-state index in [0.717, 1.165) is 0 Å². The van der Waals surface area contributed by atoms with Crippen LogP contribution >= 0.6 is 47.0 Å². The lowest BCUT2D eigenvalue weighted by Crippen LogP contribution is -2.21. The van der Waals surface area contributed by atoms with Gasteiger partial charge in [0.05, 0.1) is 0 Å². The van der Waals surface area contributed by atoms with Crippen LogP contribution in [0.5, 0.6) is 0 Å². The minimum Gasteiger partial charge on any atom is -0.120 e. The highest BCUT2D eigenvalue weighted by Crippen LogP contribution is 2.60. The van der Waals surface area contributed by atoms with Crippen molar-refractivity contribution < 1.29 is 0 Å². The molecule has 0 unspecified atom stereocenters. The van der Waals surface area contributed by atoms with Crippen LogP contribution in [0.15, 0.2) is 0 Å². The van der Waals surface area contributed by atoms with Crippen molar-refractivity contribution in [1.29, 1.82) is 0 Å². The highest BCUT2D eigenvalue weighted by Gasteiger charge is 2.36. The van der Waals surface area contributed by atoms with E-state index in [2.05, 4.69) is 102 Å². The van der Waals surface area contributed by atoms with Gasteiger partial charge in [-0.3, -0.25) is 0 Å². The Hall–Kier alpha value is 1.40. The van der Waals surface area contributed by atoms with Crippen LogP contribution in [0.3, 0.4) is 0 Å². The van der Waals surface area contributed by atoms with Crippen LogP contribution < -0.4 is 0 Å². The summed E-state index contributed by atoms with van der Waals surface area (Å²) in [5, 5.41) is 2.72. The molecule has 0 aliphatic rings. The zero-order valence-corrected chi connectivity index (χ0v) is 15.7. The monoisotopic (exact) mass is 312 g/mol. The maximum Gasteiger partial charge on any atom is 0.154 e. The van der Waals surface area contributed by atoms with Crippen LogP contribution in [0.4, 0.5) is 0 Å². The van der Waals surface area contributed by atoms with E-state index in [1.807, 2.05) is 0 Å². The van der Waals surface area contributed by atoms with Gasteiger partial charge in [0.15, 0.2) is 2.74 Å². The zero-order valence-electron chi connectivity index (χ0n) is 12.4. The third kappa shape index (κ3) is 9.01. The highest BCUT2D eigenvalue weighted by molar-refractivity contribution is 8.48. The molecular weight excluding hydrogens is 284 g/mol. The van der Waals surface area contributed by atoms with Crippen molar-refractivity contribution in [2.45, 2.75) is 79.1 Å². The summed E-state index contributed by atoms with van der Waals surface area (Å²) in [5.74, 6) is 0. The Morgan fingerprint density at radius 2 is 0.647 bits per heavy atom. The van der Waals surface area contributed by atoms with E-state index in [4.69, 9.17) is 0 Å². The minimum absolute atomic E-state index is 0.255. The van der Waals surface area contributed by atoms with Gasteiger partial charge in [0.1, 0.15) is 0 Å². The summed E-state index contributed by atoms with van der Waals surface area (Å²) < 4.78 is 0.255. The standard InChI is InChI=1S/C13H28S4/c1-9(2)14-13(15-10(3)4,16-11(5)6)17-12(7)8/h9-12H,1-8H3. The molecule has 0 rings (SSSR count). The first-order chi connectivity index (χ1) is 7.67. The van der Waals surface area contributed by atoms with Crippen LogP contribution in [0.1, 0.15) is 55.4 Å². The highest BCUT2D eigenvalue weighted by atomic mass is 32.3. The summed E-state index contributed by atoms with van der Waals surface area (Å²) in [4.78, 5) is 0. The Morgan fingerprint density at radius 1 is 0.471 bits per heavy atom. The van der Waals surface area contributed by atoms with E-state index >= 15 is 0 Å². The third-order valence-corrected chi connectivity index (χ3v) is 8.02. The molecule has 17 heavy (non-hydrogen) atoms. The maximum atomic E-state index is 2.31. The van der Waals surface area contributed by atoms with Crippen LogP contribution in [0.2, 0.25) is 0 Å². The molecule has 4 heteroatoms. The molecule has 0 aliphatic heterocycles. The molecule has 104 valence electrons. The minimum atomic E-state index is 0.255. The quantitative estimate of drug-likeness (QED) is 0.492. The second kappa shape index (κ2) is 8.55. The van der Waals surface area contributed by atoms with E-state index in [0.29, 0.717) is 21.0 Å². The predicted molar refractivity (Wildman–Crippen MR) is 93.6 cm³/mol. The van der Waals surface area contributed by atoms with Gasteiger partial charge in [0.2, 0.25) is 0 Å². The van der Waals surface area contributed by atoms with E-state index in [1.165, 1.54) is 0 Å². The number of hydrogen-bond donors (Lipinski definition) is 0. The van der Waals surface area contributed by atoms with E-state index in [9.17, 15) is 0 Å². The smallest absolute Gasteiger partial charge is 0.120 e. The summed E-state index contributed by atoms with van der Waals surface area (Å²) in [5.41, 5.74) is 0. The molecule has 0 atom stereocenters. The molecule has 0 fully saturated rings. The Bertz CT molecular complexity index is 154. The fourth-order valence-corrected chi connectivity index (χ4v) is 11.9. The molecule has 0 bridgehead atoms. The normalized spacial score (nSPS) is 13.4.